The minimum Gasteiger partial charge on any atom is -0.486 e. The van der Waals surface area contributed by atoms with Crippen LogP contribution < -0.4 is 15.2 Å². The van der Waals surface area contributed by atoms with Crippen molar-refractivity contribution in [1.82, 2.24) is 10.1 Å². The summed E-state index contributed by atoms with van der Waals surface area (Å²) >= 11 is 0. The van der Waals surface area contributed by atoms with Gasteiger partial charge < -0.3 is 19.7 Å². The molecule has 0 bridgehead atoms. The molecule has 0 saturated heterocycles. The number of aromatic nitrogens is 2. The average molecular weight is 299 g/mol. The van der Waals surface area contributed by atoms with Gasteiger partial charge in [0, 0.05) is 6.08 Å². The van der Waals surface area contributed by atoms with Gasteiger partial charge in [0.15, 0.2) is 17.3 Å². The molecule has 2 N–H and O–H groups in total. The van der Waals surface area contributed by atoms with Gasteiger partial charge >= 0.3 is 0 Å². The summed E-state index contributed by atoms with van der Waals surface area (Å²) in [5.41, 5.74) is 6.77. The summed E-state index contributed by atoms with van der Waals surface area (Å²) in [6.45, 7) is 1.17. The molecule has 0 unspecified atom stereocenters. The predicted molar refractivity (Wildman–Crippen MR) is 80.4 cm³/mol. The number of rotatable bonds is 3. The molecule has 2 heterocycles. The number of hydrogen-bond acceptors (Lipinski definition) is 6. The molecule has 1 saturated carbocycles. The molecular formula is C16H17N3O3. The van der Waals surface area contributed by atoms with E-state index in [0.29, 0.717) is 24.9 Å². The van der Waals surface area contributed by atoms with Gasteiger partial charge in [-0.15, -0.1) is 0 Å². The van der Waals surface area contributed by atoms with E-state index in [4.69, 9.17) is 19.7 Å². The molecular weight excluding hydrogens is 282 g/mol. The van der Waals surface area contributed by atoms with Gasteiger partial charge in [-0.05, 0) is 43.0 Å². The fourth-order valence-corrected chi connectivity index (χ4v) is 2.62. The lowest BCUT2D eigenvalue weighted by molar-refractivity contribution is 0.171. The van der Waals surface area contributed by atoms with Gasteiger partial charge in [-0.1, -0.05) is 11.2 Å². The highest BCUT2D eigenvalue weighted by atomic mass is 16.6. The molecule has 0 amide bonds. The first-order valence-corrected chi connectivity index (χ1v) is 7.44. The number of nitrogens with two attached hydrogens (primary N) is 1. The monoisotopic (exact) mass is 299 g/mol. The van der Waals surface area contributed by atoms with Crippen LogP contribution in [0.4, 0.5) is 0 Å². The van der Waals surface area contributed by atoms with Crippen molar-refractivity contribution in [3.8, 4) is 11.5 Å². The van der Waals surface area contributed by atoms with Gasteiger partial charge in [0.2, 0.25) is 0 Å². The normalized spacial score (nSPS) is 19.1. The van der Waals surface area contributed by atoms with Crippen LogP contribution in [0.2, 0.25) is 0 Å². The zero-order valence-corrected chi connectivity index (χ0v) is 12.1. The van der Waals surface area contributed by atoms with Crippen LogP contribution in [-0.4, -0.2) is 23.4 Å². The van der Waals surface area contributed by atoms with Crippen LogP contribution in [0.3, 0.4) is 0 Å². The number of benzene rings is 1. The van der Waals surface area contributed by atoms with E-state index >= 15 is 0 Å². The second-order valence-corrected chi connectivity index (χ2v) is 5.70. The number of nitrogens with zero attached hydrogens (tertiary/aromatic N) is 2. The SMILES string of the molecule is NC1(c2noc(/C=C/c3ccc4c(c3)OCCO4)n2)CCC1. The van der Waals surface area contributed by atoms with Gasteiger partial charge in [-0.3, -0.25) is 0 Å². The van der Waals surface area contributed by atoms with E-state index in [1.165, 1.54) is 0 Å². The molecule has 0 spiro atoms. The van der Waals surface area contributed by atoms with E-state index in [2.05, 4.69) is 10.1 Å². The quantitative estimate of drug-likeness (QED) is 0.936. The van der Waals surface area contributed by atoms with E-state index in [0.717, 1.165) is 36.3 Å². The minimum atomic E-state index is -0.396. The Morgan fingerprint density at radius 3 is 2.68 bits per heavy atom. The van der Waals surface area contributed by atoms with Gasteiger partial charge in [0.25, 0.3) is 5.89 Å². The van der Waals surface area contributed by atoms with E-state index < -0.39 is 5.54 Å². The summed E-state index contributed by atoms with van der Waals surface area (Å²) < 4.78 is 16.3. The minimum absolute atomic E-state index is 0.396. The zero-order chi connectivity index (χ0) is 15.0. The third-order valence-electron chi connectivity index (χ3n) is 4.12. The van der Waals surface area contributed by atoms with Crippen molar-refractivity contribution in [1.29, 1.82) is 0 Å². The van der Waals surface area contributed by atoms with Gasteiger partial charge in [-0.25, -0.2) is 0 Å². The predicted octanol–water partition coefficient (Wildman–Crippen LogP) is 2.35. The molecule has 1 aliphatic carbocycles. The van der Waals surface area contributed by atoms with Crippen LogP contribution in [-0.2, 0) is 5.54 Å². The van der Waals surface area contributed by atoms with E-state index in [1.54, 1.807) is 6.08 Å². The lowest BCUT2D eigenvalue weighted by Crippen LogP contribution is -2.44. The molecule has 114 valence electrons. The Balaban J connectivity index is 1.52. The van der Waals surface area contributed by atoms with E-state index in [9.17, 15) is 0 Å². The topological polar surface area (TPSA) is 83.4 Å². The zero-order valence-electron chi connectivity index (χ0n) is 12.1. The first-order chi connectivity index (χ1) is 10.7. The Bertz CT molecular complexity index is 719. The van der Waals surface area contributed by atoms with Crippen molar-refractivity contribution in [3.63, 3.8) is 0 Å². The molecule has 1 aromatic heterocycles. The Hall–Kier alpha value is -2.34. The first-order valence-electron chi connectivity index (χ1n) is 7.44. The summed E-state index contributed by atoms with van der Waals surface area (Å²) in [7, 11) is 0. The molecule has 22 heavy (non-hydrogen) atoms. The fraction of sp³-hybridized carbons (Fsp3) is 0.375. The second-order valence-electron chi connectivity index (χ2n) is 5.70. The highest BCUT2D eigenvalue weighted by Crippen LogP contribution is 2.37. The highest BCUT2D eigenvalue weighted by Gasteiger charge is 2.38. The lowest BCUT2D eigenvalue weighted by Gasteiger charge is -2.34. The van der Waals surface area contributed by atoms with Gasteiger partial charge in [0.05, 0.1) is 5.54 Å². The molecule has 2 aromatic rings. The van der Waals surface area contributed by atoms with Crippen molar-refractivity contribution in [3.05, 3.63) is 35.5 Å². The average Bonchev–Trinajstić information content (AvgIpc) is 3.00. The Labute approximate surface area is 127 Å². The second kappa shape index (κ2) is 5.14. The third kappa shape index (κ3) is 2.35. The van der Waals surface area contributed by atoms with E-state index in [-0.39, 0.29) is 0 Å². The maximum atomic E-state index is 6.18. The lowest BCUT2D eigenvalue weighted by atomic mass is 9.77. The summed E-state index contributed by atoms with van der Waals surface area (Å²) in [4.78, 5) is 4.36. The van der Waals surface area contributed by atoms with Crippen molar-refractivity contribution in [2.24, 2.45) is 5.73 Å². The van der Waals surface area contributed by atoms with Crippen LogP contribution in [0.15, 0.2) is 22.7 Å². The third-order valence-corrected chi connectivity index (χ3v) is 4.12. The Kier molecular flexibility index (Phi) is 3.11. The first kappa shape index (κ1) is 13.3. The number of hydrogen-bond donors (Lipinski definition) is 1. The maximum absolute atomic E-state index is 6.18. The molecule has 6 heteroatoms. The summed E-state index contributed by atoms with van der Waals surface area (Å²) in [6, 6.07) is 5.78. The standard InChI is InChI=1S/C16H17N3O3/c17-16(6-1-7-16)15-18-14(22-19-15)5-3-11-2-4-12-13(10-11)21-9-8-20-12/h2-5,10H,1,6-9,17H2/b5-3+. The molecule has 2 aliphatic rings. The molecule has 1 aromatic carbocycles. The summed E-state index contributed by atoms with van der Waals surface area (Å²) in [5.74, 6) is 2.59. The van der Waals surface area contributed by atoms with Crippen LogP contribution in [0.5, 0.6) is 11.5 Å². The molecule has 4 rings (SSSR count). The number of ether oxygens (including phenoxy) is 2. The summed E-state index contributed by atoms with van der Waals surface area (Å²) in [6.07, 6.45) is 6.63. The fourth-order valence-electron chi connectivity index (χ4n) is 2.62. The molecule has 6 nitrogen and oxygen atoms in total. The van der Waals surface area contributed by atoms with Crippen LogP contribution in [0.25, 0.3) is 12.2 Å². The highest BCUT2D eigenvalue weighted by molar-refractivity contribution is 5.68. The van der Waals surface area contributed by atoms with Crippen LogP contribution in [0.1, 0.15) is 36.5 Å². The van der Waals surface area contributed by atoms with E-state index in [1.807, 2.05) is 24.3 Å². The molecule has 1 aliphatic heterocycles. The van der Waals surface area contributed by atoms with Crippen molar-refractivity contribution in [2.45, 2.75) is 24.8 Å². The Morgan fingerprint density at radius 1 is 1.09 bits per heavy atom. The smallest absolute Gasteiger partial charge is 0.250 e. The summed E-state index contributed by atoms with van der Waals surface area (Å²) in [5, 5.41) is 3.99. The van der Waals surface area contributed by atoms with Crippen molar-refractivity contribution in [2.75, 3.05) is 13.2 Å². The van der Waals surface area contributed by atoms with Crippen molar-refractivity contribution >= 4 is 12.2 Å². The Morgan fingerprint density at radius 2 is 1.91 bits per heavy atom. The van der Waals surface area contributed by atoms with Gasteiger partial charge in [0.1, 0.15) is 13.2 Å². The maximum Gasteiger partial charge on any atom is 0.250 e. The molecule has 0 radical (unpaired) electrons. The van der Waals surface area contributed by atoms with Crippen LogP contribution >= 0.6 is 0 Å². The van der Waals surface area contributed by atoms with Gasteiger partial charge in [-0.2, -0.15) is 4.98 Å². The van der Waals surface area contributed by atoms with Crippen molar-refractivity contribution < 1.29 is 14.0 Å². The largest absolute Gasteiger partial charge is 0.486 e. The molecule has 0 atom stereocenters. The molecule has 1 fully saturated rings. The number of fused-ring (bicyclic) bond motifs is 1. The van der Waals surface area contributed by atoms with Crippen LogP contribution in [0, 0.1) is 0 Å².